The lowest BCUT2D eigenvalue weighted by atomic mass is 9.90. The molecule has 0 saturated carbocycles. The molecule has 156 valence electrons. The molecule has 1 aromatic carbocycles. The Bertz CT molecular complexity index is 1070. The minimum atomic E-state index is -0.970. The highest BCUT2D eigenvalue weighted by molar-refractivity contribution is 6.05. The van der Waals surface area contributed by atoms with Crippen LogP contribution in [0.3, 0.4) is 0 Å². The Hall–Kier alpha value is -3.56. The number of carbonyl (C=O) groups excluding carboxylic acids is 4. The van der Waals surface area contributed by atoms with Gasteiger partial charge >= 0.3 is 5.97 Å². The third-order valence-corrected chi connectivity index (χ3v) is 5.61. The summed E-state index contributed by atoms with van der Waals surface area (Å²) in [6.07, 6.45) is 2.14. The Morgan fingerprint density at radius 2 is 2.03 bits per heavy atom. The Morgan fingerprint density at radius 3 is 2.73 bits per heavy atom. The standard InChI is InChI=1S/C20H21N5O5/c1-20(2,19(29)30-3)15-10-25(23-22-15)12-5-4-11-9-24(18(28)13(11)8-12)14-6-7-16(26)21-17(14)27/h4-5,8,10,14H,6-7,9H2,1-3H3,(H,21,26,27). The molecule has 2 aliphatic rings. The smallest absolute Gasteiger partial charge is 0.317 e. The number of nitrogens with one attached hydrogen (secondary N) is 1. The molecule has 0 aliphatic carbocycles. The fourth-order valence-electron chi connectivity index (χ4n) is 3.72. The summed E-state index contributed by atoms with van der Waals surface area (Å²) < 4.78 is 6.31. The minimum Gasteiger partial charge on any atom is -0.468 e. The number of hydrogen-bond acceptors (Lipinski definition) is 7. The molecule has 0 bridgehead atoms. The topological polar surface area (TPSA) is 123 Å². The lowest BCUT2D eigenvalue weighted by Gasteiger charge is -2.29. The molecule has 1 unspecified atom stereocenters. The second-order valence-electron chi connectivity index (χ2n) is 7.91. The lowest BCUT2D eigenvalue weighted by molar-refractivity contribution is -0.146. The van der Waals surface area contributed by atoms with Crippen molar-refractivity contribution in [1.29, 1.82) is 0 Å². The first kappa shape index (κ1) is 19.7. The van der Waals surface area contributed by atoms with Crippen molar-refractivity contribution >= 4 is 23.7 Å². The summed E-state index contributed by atoms with van der Waals surface area (Å²) >= 11 is 0. The molecule has 0 radical (unpaired) electrons. The number of rotatable bonds is 4. The predicted molar refractivity (Wildman–Crippen MR) is 102 cm³/mol. The number of fused-ring (bicyclic) bond motifs is 1. The number of piperidine rings is 1. The fourth-order valence-corrected chi connectivity index (χ4v) is 3.72. The van der Waals surface area contributed by atoms with E-state index in [4.69, 9.17) is 4.74 Å². The Kier molecular flexibility index (Phi) is 4.64. The zero-order chi connectivity index (χ0) is 21.6. The summed E-state index contributed by atoms with van der Waals surface area (Å²) in [4.78, 5) is 50.0. The molecular weight excluding hydrogens is 390 g/mol. The molecule has 3 amide bonds. The van der Waals surface area contributed by atoms with Crippen molar-refractivity contribution in [2.75, 3.05) is 7.11 Å². The lowest BCUT2D eigenvalue weighted by Crippen LogP contribution is -2.52. The van der Waals surface area contributed by atoms with E-state index in [9.17, 15) is 19.2 Å². The van der Waals surface area contributed by atoms with Gasteiger partial charge in [0.15, 0.2) is 0 Å². The summed E-state index contributed by atoms with van der Waals surface area (Å²) in [7, 11) is 1.31. The van der Waals surface area contributed by atoms with Gasteiger partial charge < -0.3 is 9.64 Å². The van der Waals surface area contributed by atoms with Crippen LogP contribution in [0.1, 0.15) is 48.3 Å². The fraction of sp³-hybridized carbons (Fsp3) is 0.400. The molecule has 1 N–H and O–H groups in total. The zero-order valence-corrected chi connectivity index (χ0v) is 16.8. The number of methoxy groups -OCH3 is 1. The van der Waals surface area contributed by atoms with E-state index < -0.39 is 23.3 Å². The average Bonchev–Trinajstić information content (AvgIpc) is 3.33. The minimum absolute atomic E-state index is 0.208. The molecule has 1 atom stereocenters. The first-order chi connectivity index (χ1) is 14.2. The Balaban J connectivity index is 1.59. The van der Waals surface area contributed by atoms with E-state index >= 15 is 0 Å². The van der Waals surface area contributed by atoms with Crippen LogP contribution in [0.2, 0.25) is 0 Å². The molecule has 1 saturated heterocycles. The van der Waals surface area contributed by atoms with Gasteiger partial charge in [0, 0.05) is 18.5 Å². The van der Waals surface area contributed by atoms with Crippen LogP contribution in [0.15, 0.2) is 24.4 Å². The van der Waals surface area contributed by atoms with Crippen molar-refractivity contribution in [1.82, 2.24) is 25.2 Å². The highest BCUT2D eigenvalue weighted by Crippen LogP contribution is 2.29. The number of ether oxygens (including phenoxy) is 1. The molecule has 4 rings (SSSR count). The number of amides is 3. The Labute approximate surface area is 172 Å². The van der Waals surface area contributed by atoms with Gasteiger partial charge in [-0.1, -0.05) is 11.3 Å². The number of nitrogens with zero attached hydrogens (tertiary/aromatic N) is 4. The van der Waals surface area contributed by atoms with Crippen LogP contribution in [0, 0.1) is 0 Å². The van der Waals surface area contributed by atoms with Gasteiger partial charge in [0.2, 0.25) is 11.8 Å². The molecule has 0 spiro atoms. The van der Waals surface area contributed by atoms with Gasteiger partial charge in [-0.15, -0.1) is 5.10 Å². The number of benzene rings is 1. The van der Waals surface area contributed by atoms with E-state index in [1.807, 2.05) is 0 Å². The Morgan fingerprint density at radius 1 is 1.27 bits per heavy atom. The summed E-state index contributed by atoms with van der Waals surface area (Å²) in [5.74, 6) is -1.46. The van der Waals surface area contributed by atoms with Crippen molar-refractivity contribution in [3.63, 3.8) is 0 Å². The number of esters is 1. The van der Waals surface area contributed by atoms with Crippen molar-refractivity contribution in [2.45, 2.75) is 44.7 Å². The molecule has 1 fully saturated rings. The molecule has 2 aromatic rings. The third kappa shape index (κ3) is 3.14. The van der Waals surface area contributed by atoms with Crippen LogP contribution >= 0.6 is 0 Å². The van der Waals surface area contributed by atoms with Crippen LogP contribution in [-0.4, -0.2) is 56.7 Å². The summed E-state index contributed by atoms with van der Waals surface area (Å²) in [6.45, 7) is 3.69. The second kappa shape index (κ2) is 7.05. The van der Waals surface area contributed by atoms with E-state index in [0.717, 1.165) is 5.56 Å². The average molecular weight is 411 g/mol. The molecule has 2 aliphatic heterocycles. The molecule has 1 aromatic heterocycles. The van der Waals surface area contributed by atoms with Crippen molar-refractivity contribution in [3.05, 3.63) is 41.2 Å². The van der Waals surface area contributed by atoms with E-state index in [1.54, 1.807) is 38.2 Å². The summed E-state index contributed by atoms with van der Waals surface area (Å²) in [5.41, 5.74) is 1.34. The number of aromatic nitrogens is 3. The maximum atomic E-state index is 13.0. The first-order valence-corrected chi connectivity index (χ1v) is 9.51. The van der Waals surface area contributed by atoms with Gasteiger partial charge in [-0.3, -0.25) is 24.5 Å². The number of carbonyl (C=O) groups is 4. The molecule has 3 heterocycles. The van der Waals surface area contributed by atoms with Crippen LogP contribution in [-0.2, 0) is 31.1 Å². The van der Waals surface area contributed by atoms with E-state index in [2.05, 4.69) is 15.6 Å². The third-order valence-electron chi connectivity index (χ3n) is 5.61. The monoisotopic (exact) mass is 411 g/mol. The van der Waals surface area contributed by atoms with Crippen LogP contribution in [0.25, 0.3) is 5.69 Å². The van der Waals surface area contributed by atoms with E-state index in [1.165, 1.54) is 16.7 Å². The highest BCUT2D eigenvalue weighted by Gasteiger charge is 2.39. The maximum Gasteiger partial charge on any atom is 0.317 e. The van der Waals surface area contributed by atoms with Crippen molar-refractivity contribution in [3.8, 4) is 5.69 Å². The van der Waals surface area contributed by atoms with Crippen molar-refractivity contribution in [2.24, 2.45) is 0 Å². The number of hydrogen-bond donors (Lipinski definition) is 1. The van der Waals surface area contributed by atoms with Gasteiger partial charge in [0.05, 0.1) is 24.7 Å². The highest BCUT2D eigenvalue weighted by atomic mass is 16.5. The maximum absolute atomic E-state index is 13.0. The quantitative estimate of drug-likeness (QED) is 0.573. The summed E-state index contributed by atoms with van der Waals surface area (Å²) in [6, 6.07) is 4.63. The predicted octanol–water partition coefficient (Wildman–Crippen LogP) is 0.479. The van der Waals surface area contributed by atoms with Gasteiger partial charge in [-0.05, 0) is 38.0 Å². The van der Waals surface area contributed by atoms with Gasteiger partial charge in [0.25, 0.3) is 5.91 Å². The van der Waals surface area contributed by atoms with E-state index in [0.29, 0.717) is 29.9 Å². The molecular formula is C20H21N5O5. The van der Waals surface area contributed by atoms with Crippen LogP contribution in [0.4, 0.5) is 0 Å². The van der Waals surface area contributed by atoms with Crippen LogP contribution < -0.4 is 5.32 Å². The van der Waals surface area contributed by atoms with Gasteiger partial charge in [0.1, 0.15) is 11.5 Å². The normalized spacial score (nSPS) is 19.0. The van der Waals surface area contributed by atoms with Gasteiger partial charge in [-0.25, -0.2) is 4.68 Å². The molecule has 10 heteroatoms. The molecule has 10 nitrogen and oxygen atoms in total. The first-order valence-electron chi connectivity index (χ1n) is 9.51. The zero-order valence-electron chi connectivity index (χ0n) is 16.8. The number of imide groups is 1. The summed E-state index contributed by atoms with van der Waals surface area (Å²) in [5, 5.41) is 10.5. The van der Waals surface area contributed by atoms with Crippen LogP contribution in [0.5, 0.6) is 0 Å². The molecule has 30 heavy (non-hydrogen) atoms. The second-order valence-corrected chi connectivity index (χ2v) is 7.91. The van der Waals surface area contributed by atoms with E-state index in [-0.39, 0.29) is 18.2 Å². The van der Waals surface area contributed by atoms with Crippen molar-refractivity contribution < 1.29 is 23.9 Å². The SMILES string of the molecule is COC(=O)C(C)(C)c1cn(-c2ccc3c(c2)C(=O)N(C2CCC(=O)NC2=O)C3)nn1. The van der Waals surface area contributed by atoms with Gasteiger partial charge in [-0.2, -0.15) is 0 Å². The largest absolute Gasteiger partial charge is 0.468 e.